The first-order valence-electron chi connectivity index (χ1n) is 7.50. The quantitative estimate of drug-likeness (QED) is 0.664. The van der Waals surface area contributed by atoms with Crippen LogP contribution in [0.25, 0.3) is 10.2 Å². The number of thiazole rings is 1. The van der Waals surface area contributed by atoms with Crippen LogP contribution in [0, 0.1) is 0 Å². The summed E-state index contributed by atoms with van der Waals surface area (Å²) in [5.74, 6) is 0.697. The normalized spacial score (nSPS) is 11.3. The first-order valence-corrected chi connectivity index (χ1v) is 10.2. The number of sulfonamides is 1. The Labute approximate surface area is 159 Å². The molecule has 2 aromatic carbocycles. The molecule has 0 aliphatic rings. The molecule has 1 heterocycles. The molecule has 2 amide bonds. The third-order valence-corrected chi connectivity index (χ3v) is 5.72. The monoisotopic (exact) mass is 411 g/mol. The van der Waals surface area contributed by atoms with Crippen LogP contribution in [-0.2, 0) is 10.0 Å². The molecule has 0 unspecified atom stereocenters. The average molecular weight is 412 g/mol. The molecule has 0 bridgehead atoms. The van der Waals surface area contributed by atoms with Crippen LogP contribution < -0.4 is 14.8 Å². The molecule has 3 aromatic rings. The molecule has 0 radical (unpaired) electrons. The molecule has 0 aliphatic heterocycles. The number of hydrogen-bond donors (Lipinski definition) is 2. The van der Waals surface area contributed by atoms with Crippen molar-refractivity contribution >= 4 is 54.3 Å². The van der Waals surface area contributed by atoms with E-state index in [0.29, 0.717) is 17.9 Å². The molecule has 26 heavy (non-hydrogen) atoms. The van der Waals surface area contributed by atoms with Gasteiger partial charge in [-0.1, -0.05) is 29.0 Å². The zero-order valence-electron chi connectivity index (χ0n) is 13.5. The second-order valence-corrected chi connectivity index (χ2v) is 8.25. The Hall–Kier alpha value is -2.36. The molecule has 0 atom stereocenters. The fraction of sp³-hybridized carbons (Fsp3) is 0.125. The van der Waals surface area contributed by atoms with Crippen molar-refractivity contribution in [2.24, 2.45) is 0 Å². The van der Waals surface area contributed by atoms with Gasteiger partial charge in [-0.05, 0) is 43.3 Å². The van der Waals surface area contributed by atoms with Crippen molar-refractivity contribution < 1.29 is 17.9 Å². The van der Waals surface area contributed by atoms with E-state index in [1.165, 1.54) is 35.6 Å². The van der Waals surface area contributed by atoms with Crippen LogP contribution in [-0.4, -0.2) is 26.0 Å². The van der Waals surface area contributed by atoms with Gasteiger partial charge >= 0.3 is 6.03 Å². The summed E-state index contributed by atoms with van der Waals surface area (Å²) < 4.78 is 32.6. The molecular formula is C16H14ClN3O4S2. The van der Waals surface area contributed by atoms with Crippen molar-refractivity contribution in [3.05, 3.63) is 47.5 Å². The summed E-state index contributed by atoms with van der Waals surface area (Å²) in [6, 6.07) is 10.1. The van der Waals surface area contributed by atoms with E-state index in [-0.39, 0.29) is 15.0 Å². The lowest BCUT2D eigenvalue weighted by Crippen LogP contribution is -2.34. The number of ether oxygens (including phenoxy) is 1. The largest absolute Gasteiger partial charge is 0.494 e. The standard InChI is InChI=1S/C16H14ClN3O4S2/c1-2-24-11-6-7-13-14(9-11)25-16(18-13)19-15(21)20-26(22,23)12-5-3-4-10(17)8-12/h3-9H,2H2,1H3,(H2,18,19,20,21). The zero-order valence-corrected chi connectivity index (χ0v) is 15.9. The predicted molar refractivity (Wildman–Crippen MR) is 102 cm³/mol. The van der Waals surface area contributed by atoms with Crippen molar-refractivity contribution in [1.29, 1.82) is 0 Å². The molecule has 0 fully saturated rings. The number of urea groups is 1. The third kappa shape index (κ3) is 4.24. The Balaban J connectivity index is 1.74. The number of fused-ring (bicyclic) bond motifs is 1. The summed E-state index contributed by atoms with van der Waals surface area (Å²) in [6.07, 6.45) is 0. The molecule has 0 aliphatic carbocycles. The number of halogens is 1. The fourth-order valence-electron chi connectivity index (χ4n) is 2.15. The summed E-state index contributed by atoms with van der Waals surface area (Å²) >= 11 is 7.00. The molecule has 136 valence electrons. The van der Waals surface area contributed by atoms with Gasteiger partial charge in [0.05, 0.1) is 21.7 Å². The number of benzene rings is 2. The Morgan fingerprint density at radius 3 is 2.81 bits per heavy atom. The maximum absolute atomic E-state index is 12.2. The van der Waals surface area contributed by atoms with Crippen molar-refractivity contribution in [2.45, 2.75) is 11.8 Å². The van der Waals surface area contributed by atoms with Crippen molar-refractivity contribution in [3.63, 3.8) is 0 Å². The van der Waals surface area contributed by atoms with E-state index in [1.807, 2.05) is 17.7 Å². The van der Waals surface area contributed by atoms with Gasteiger partial charge in [-0.15, -0.1) is 0 Å². The highest BCUT2D eigenvalue weighted by molar-refractivity contribution is 7.90. The van der Waals surface area contributed by atoms with Gasteiger partial charge in [0.15, 0.2) is 5.13 Å². The summed E-state index contributed by atoms with van der Waals surface area (Å²) in [5.41, 5.74) is 0.673. The van der Waals surface area contributed by atoms with Crippen LogP contribution in [0.4, 0.5) is 9.93 Å². The van der Waals surface area contributed by atoms with E-state index in [1.54, 1.807) is 12.1 Å². The van der Waals surface area contributed by atoms with Gasteiger partial charge in [-0.3, -0.25) is 5.32 Å². The van der Waals surface area contributed by atoms with Gasteiger partial charge in [-0.2, -0.15) is 0 Å². The lowest BCUT2D eigenvalue weighted by Gasteiger charge is -2.07. The molecule has 0 saturated carbocycles. The van der Waals surface area contributed by atoms with E-state index in [0.717, 1.165) is 4.70 Å². The summed E-state index contributed by atoms with van der Waals surface area (Å²) in [7, 11) is -4.04. The van der Waals surface area contributed by atoms with E-state index < -0.39 is 16.1 Å². The van der Waals surface area contributed by atoms with Crippen LogP contribution in [0.15, 0.2) is 47.4 Å². The first-order chi connectivity index (χ1) is 12.4. The lowest BCUT2D eigenvalue weighted by atomic mass is 10.3. The van der Waals surface area contributed by atoms with Crippen molar-refractivity contribution in [3.8, 4) is 5.75 Å². The highest BCUT2D eigenvalue weighted by atomic mass is 35.5. The smallest absolute Gasteiger partial charge is 0.334 e. The summed E-state index contributed by atoms with van der Waals surface area (Å²) in [4.78, 5) is 16.2. The number of carbonyl (C=O) groups excluding carboxylic acids is 1. The summed E-state index contributed by atoms with van der Waals surface area (Å²) in [6.45, 7) is 2.42. The number of nitrogens with zero attached hydrogens (tertiary/aromatic N) is 1. The van der Waals surface area contributed by atoms with E-state index in [4.69, 9.17) is 16.3 Å². The molecule has 7 nitrogen and oxygen atoms in total. The Kier molecular flexibility index (Phi) is 5.30. The Morgan fingerprint density at radius 2 is 2.08 bits per heavy atom. The second kappa shape index (κ2) is 7.48. The van der Waals surface area contributed by atoms with E-state index >= 15 is 0 Å². The Morgan fingerprint density at radius 1 is 1.27 bits per heavy atom. The molecule has 1 aromatic heterocycles. The molecule has 0 spiro atoms. The molecular weight excluding hydrogens is 398 g/mol. The van der Waals surface area contributed by atoms with Gasteiger partial charge in [0.25, 0.3) is 10.0 Å². The number of aromatic nitrogens is 1. The number of amides is 2. The van der Waals surface area contributed by atoms with Crippen LogP contribution in [0.3, 0.4) is 0 Å². The maximum atomic E-state index is 12.2. The maximum Gasteiger partial charge on any atom is 0.334 e. The SMILES string of the molecule is CCOc1ccc2nc(NC(=O)NS(=O)(=O)c3cccc(Cl)c3)sc2c1. The number of carbonyl (C=O) groups is 1. The minimum Gasteiger partial charge on any atom is -0.494 e. The molecule has 2 N–H and O–H groups in total. The highest BCUT2D eigenvalue weighted by Gasteiger charge is 2.19. The third-order valence-electron chi connectivity index (χ3n) is 3.22. The Bertz CT molecular complexity index is 1070. The first kappa shape index (κ1) is 18.4. The van der Waals surface area contributed by atoms with E-state index in [2.05, 4.69) is 10.3 Å². The summed E-state index contributed by atoms with van der Waals surface area (Å²) in [5, 5.41) is 2.95. The molecule has 3 rings (SSSR count). The van der Waals surface area contributed by atoms with Gasteiger partial charge in [0.1, 0.15) is 5.75 Å². The predicted octanol–water partition coefficient (Wildman–Crippen LogP) is 3.86. The number of nitrogens with one attached hydrogen (secondary N) is 2. The lowest BCUT2D eigenvalue weighted by molar-refractivity contribution is 0.256. The topological polar surface area (TPSA) is 97.4 Å². The van der Waals surface area contributed by atoms with Crippen molar-refractivity contribution in [2.75, 3.05) is 11.9 Å². The second-order valence-electron chi connectivity index (χ2n) is 5.10. The molecule has 10 heteroatoms. The van der Waals surface area contributed by atoms with E-state index in [9.17, 15) is 13.2 Å². The molecule has 0 saturated heterocycles. The van der Waals surface area contributed by atoms with Gasteiger partial charge < -0.3 is 4.74 Å². The zero-order chi connectivity index (χ0) is 18.7. The fourth-order valence-corrected chi connectivity index (χ4v) is 4.25. The average Bonchev–Trinajstić information content (AvgIpc) is 2.96. The number of anilines is 1. The van der Waals surface area contributed by atoms with Crippen LogP contribution >= 0.6 is 22.9 Å². The number of hydrogen-bond acceptors (Lipinski definition) is 6. The highest BCUT2D eigenvalue weighted by Crippen LogP contribution is 2.29. The van der Waals surface area contributed by atoms with Crippen LogP contribution in [0.5, 0.6) is 5.75 Å². The number of rotatable bonds is 5. The van der Waals surface area contributed by atoms with Crippen molar-refractivity contribution in [1.82, 2.24) is 9.71 Å². The van der Waals surface area contributed by atoms with Gasteiger partial charge in [0, 0.05) is 5.02 Å². The van der Waals surface area contributed by atoms with Gasteiger partial charge in [0.2, 0.25) is 0 Å². The minimum atomic E-state index is -4.04. The minimum absolute atomic E-state index is 0.106. The van der Waals surface area contributed by atoms with Crippen LogP contribution in [0.1, 0.15) is 6.92 Å². The van der Waals surface area contributed by atoms with Crippen LogP contribution in [0.2, 0.25) is 5.02 Å². The van der Waals surface area contributed by atoms with Gasteiger partial charge in [-0.25, -0.2) is 22.9 Å².